The number of carbonyl (C=O) groups is 1. The van der Waals surface area contributed by atoms with E-state index in [-0.39, 0.29) is 18.3 Å². The number of carbonyl (C=O) groups excluding carboxylic acids is 1. The topological polar surface area (TPSA) is 58.6 Å². The highest BCUT2D eigenvalue weighted by Crippen LogP contribution is 2.11. The molecule has 1 aromatic carbocycles. The number of rotatable bonds is 9. The van der Waals surface area contributed by atoms with Crippen molar-refractivity contribution in [3.63, 3.8) is 0 Å². The summed E-state index contributed by atoms with van der Waals surface area (Å²) in [5, 5.41) is 2.90. The van der Waals surface area contributed by atoms with Crippen LogP contribution in [0.2, 0.25) is 0 Å². The lowest BCUT2D eigenvalue weighted by Gasteiger charge is -2.19. The molecule has 0 aliphatic carbocycles. The smallest absolute Gasteiger partial charge is 0.234 e. The summed E-state index contributed by atoms with van der Waals surface area (Å²) < 4.78 is 23.7. The molecule has 5 nitrogen and oxygen atoms in total. The van der Waals surface area contributed by atoms with Crippen LogP contribution >= 0.6 is 0 Å². The molecule has 0 fully saturated rings. The first-order chi connectivity index (χ1) is 12.7. The minimum Gasteiger partial charge on any atom is -0.468 e. The molecule has 3 rings (SSSR count). The van der Waals surface area contributed by atoms with Crippen molar-refractivity contribution in [2.45, 2.75) is 19.5 Å². The highest BCUT2D eigenvalue weighted by molar-refractivity contribution is 5.78. The number of hydrogen-bond donors (Lipinski definition) is 1. The molecular formula is C20H21FN2O3. The molecule has 0 aliphatic heterocycles. The third kappa shape index (κ3) is 5.60. The van der Waals surface area contributed by atoms with Gasteiger partial charge in [-0.3, -0.25) is 9.69 Å². The fourth-order valence-electron chi connectivity index (χ4n) is 2.67. The molecule has 1 N–H and O–H groups in total. The van der Waals surface area contributed by atoms with Gasteiger partial charge < -0.3 is 14.2 Å². The van der Waals surface area contributed by atoms with E-state index >= 15 is 0 Å². The number of halogens is 1. The molecule has 0 aliphatic rings. The lowest BCUT2D eigenvalue weighted by Crippen LogP contribution is -2.37. The minimum absolute atomic E-state index is 0.0785. The van der Waals surface area contributed by atoms with E-state index in [1.54, 1.807) is 24.7 Å². The summed E-state index contributed by atoms with van der Waals surface area (Å²) >= 11 is 0. The summed E-state index contributed by atoms with van der Waals surface area (Å²) in [7, 11) is 0. The van der Waals surface area contributed by atoms with Crippen LogP contribution in [0.1, 0.15) is 17.1 Å². The van der Waals surface area contributed by atoms with Gasteiger partial charge in [-0.25, -0.2) is 4.39 Å². The average Bonchev–Trinajstić information content (AvgIpc) is 3.31. The van der Waals surface area contributed by atoms with Crippen molar-refractivity contribution in [1.29, 1.82) is 0 Å². The molecular weight excluding hydrogens is 335 g/mol. The molecule has 1 amide bonds. The van der Waals surface area contributed by atoms with Gasteiger partial charge in [0.2, 0.25) is 5.91 Å². The van der Waals surface area contributed by atoms with Gasteiger partial charge in [0, 0.05) is 6.54 Å². The summed E-state index contributed by atoms with van der Waals surface area (Å²) in [6.07, 6.45) is 3.88. The lowest BCUT2D eigenvalue weighted by atomic mass is 10.1. The Morgan fingerprint density at radius 2 is 1.58 bits per heavy atom. The molecule has 0 saturated heterocycles. The molecule has 26 heavy (non-hydrogen) atoms. The standard InChI is InChI=1S/C20H21FN2O3/c21-17-7-5-16(6-8-17)9-10-22-20(24)15-23(13-18-3-1-11-25-18)14-19-4-2-12-26-19/h1-8,11-12H,9-10,13-15H2,(H,22,24). The number of amides is 1. The van der Waals surface area contributed by atoms with Crippen LogP contribution in [0, 0.1) is 5.82 Å². The van der Waals surface area contributed by atoms with Crippen LogP contribution in [0.4, 0.5) is 4.39 Å². The molecule has 0 spiro atoms. The Labute approximate surface area is 151 Å². The maximum Gasteiger partial charge on any atom is 0.234 e. The molecule has 136 valence electrons. The third-order valence-electron chi connectivity index (χ3n) is 3.94. The van der Waals surface area contributed by atoms with Crippen LogP contribution in [0.5, 0.6) is 0 Å². The van der Waals surface area contributed by atoms with Gasteiger partial charge >= 0.3 is 0 Å². The van der Waals surface area contributed by atoms with Crippen LogP contribution in [0.3, 0.4) is 0 Å². The maximum absolute atomic E-state index is 12.9. The number of hydrogen-bond acceptors (Lipinski definition) is 4. The minimum atomic E-state index is -0.260. The van der Waals surface area contributed by atoms with Crippen LogP contribution in [0.25, 0.3) is 0 Å². The fraction of sp³-hybridized carbons (Fsp3) is 0.250. The molecule has 3 aromatic rings. The van der Waals surface area contributed by atoms with Crippen molar-refractivity contribution in [1.82, 2.24) is 10.2 Å². The molecule has 0 saturated carbocycles. The Hall–Kier alpha value is -2.86. The van der Waals surface area contributed by atoms with E-state index in [4.69, 9.17) is 8.83 Å². The van der Waals surface area contributed by atoms with E-state index in [2.05, 4.69) is 5.32 Å². The molecule has 2 aromatic heterocycles. The summed E-state index contributed by atoms with van der Waals surface area (Å²) in [5.41, 5.74) is 0.981. The highest BCUT2D eigenvalue weighted by Gasteiger charge is 2.14. The van der Waals surface area contributed by atoms with E-state index < -0.39 is 0 Å². The second-order valence-electron chi connectivity index (χ2n) is 6.03. The second kappa shape index (κ2) is 9.01. The zero-order valence-corrected chi connectivity index (χ0v) is 14.4. The van der Waals surface area contributed by atoms with E-state index in [9.17, 15) is 9.18 Å². The van der Waals surface area contributed by atoms with Crippen molar-refractivity contribution in [2.24, 2.45) is 0 Å². The van der Waals surface area contributed by atoms with Gasteiger partial charge in [0.1, 0.15) is 17.3 Å². The number of benzene rings is 1. The first kappa shape index (κ1) is 17.9. The maximum atomic E-state index is 12.9. The summed E-state index contributed by atoms with van der Waals surface area (Å²) in [6, 6.07) is 13.7. The lowest BCUT2D eigenvalue weighted by molar-refractivity contribution is -0.122. The molecule has 0 atom stereocenters. The largest absolute Gasteiger partial charge is 0.468 e. The Balaban J connectivity index is 1.50. The van der Waals surface area contributed by atoms with Crippen molar-refractivity contribution in [2.75, 3.05) is 13.1 Å². The van der Waals surface area contributed by atoms with Crippen LogP contribution in [-0.2, 0) is 24.3 Å². The zero-order valence-electron chi connectivity index (χ0n) is 14.4. The Morgan fingerprint density at radius 1 is 0.962 bits per heavy atom. The molecule has 6 heteroatoms. The van der Waals surface area contributed by atoms with E-state index in [0.29, 0.717) is 26.1 Å². The normalized spacial score (nSPS) is 11.0. The monoisotopic (exact) mass is 356 g/mol. The predicted octanol–water partition coefficient (Wildman–Crippen LogP) is 3.37. The second-order valence-corrected chi connectivity index (χ2v) is 6.03. The molecule has 0 radical (unpaired) electrons. The summed E-state index contributed by atoms with van der Waals surface area (Å²) in [4.78, 5) is 14.2. The van der Waals surface area contributed by atoms with Gasteiger partial charge in [0.15, 0.2) is 0 Å². The van der Waals surface area contributed by atoms with Gasteiger partial charge in [-0.15, -0.1) is 0 Å². The summed E-state index contributed by atoms with van der Waals surface area (Å²) in [6.45, 7) is 1.75. The fourth-order valence-corrected chi connectivity index (χ4v) is 2.67. The van der Waals surface area contributed by atoms with Crippen molar-refractivity contribution in [3.8, 4) is 0 Å². The third-order valence-corrected chi connectivity index (χ3v) is 3.94. The van der Waals surface area contributed by atoms with Crippen molar-refractivity contribution < 1.29 is 18.0 Å². The van der Waals surface area contributed by atoms with Gasteiger partial charge in [-0.05, 0) is 48.4 Å². The number of nitrogens with one attached hydrogen (secondary N) is 1. The van der Waals surface area contributed by atoms with E-state index in [0.717, 1.165) is 17.1 Å². The number of furan rings is 2. The van der Waals surface area contributed by atoms with Gasteiger partial charge in [0.25, 0.3) is 0 Å². The Bertz CT molecular complexity index is 747. The van der Waals surface area contributed by atoms with Crippen molar-refractivity contribution in [3.05, 3.63) is 84.0 Å². The van der Waals surface area contributed by atoms with Crippen molar-refractivity contribution >= 4 is 5.91 Å². The first-order valence-corrected chi connectivity index (χ1v) is 8.47. The molecule has 2 heterocycles. The quantitative estimate of drug-likeness (QED) is 0.639. The van der Waals surface area contributed by atoms with Crippen LogP contribution in [-0.4, -0.2) is 23.9 Å². The van der Waals surface area contributed by atoms with Gasteiger partial charge in [-0.2, -0.15) is 0 Å². The highest BCUT2D eigenvalue weighted by atomic mass is 19.1. The zero-order chi connectivity index (χ0) is 18.2. The predicted molar refractivity (Wildman–Crippen MR) is 94.6 cm³/mol. The Morgan fingerprint density at radius 3 is 2.12 bits per heavy atom. The number of nitrogens with zero attached hydrogens (tertiary/aromatic N) is 1. The van der Waals surface area contributed by atoms with Gasteiger partial charge in [0.05, 0.1) is 32.2 Å². The summed E-state index contributed by atoms with van der Waals surface area (Å²) in [5.74, 6) is 1.24. The molecule has 0 unspecified atom stereocenters. The van der Waals surface area contributed by atoms with Gasteiger partial charge in [-0.1, -0.05) is 12.1 Å². The van der Waals surface area contributed by atoms with Crippen LogP contribution in [0.15, 0.2) is 69.9 Å². The molecule has 0 bridgehead atoms. The first-order valence-electron chi connectivity index (χ1n) is 8.47. The van der Waals surface area contributed by atoms with Crippen LogP contribution < -0.4 is 5.32 Å². The SMILES string of the molecule is O=C(CN(Cc1ccco1)Cc1ccco1)NCCc1ccc(F)cc1. The average molecular weight is 356 g/mol. The van der Waals surface area contributed by atoms with E-state index in [1.807, 2.05) is 29.2 Å². The Kier molecular flexibility index (Phi) is 6.22. The van der Waals surface area contributed by atoms with E-state index in [1.165, 1.54) is 12.1 Å².